The van der Waals surface area contributed by atoms with Gasteiger partial charge in [0.2, 0.25) is 0 Å². The van der Waals surface area contributed by atoms with Gasteiger partial charge in [0.25, 0.3) is 0 Å². The van der Waals surface area contributed by atoms with Gasteiger partial charge in [-0.05, 0) is 72.0 Å². The summed E-state index contributed by atoms with van der Waals surface area (Å²) in [6.45, 7) is 10.1. The number of anilines is 2. The molecule has 0 unspecified atom stereocenters. The Morgan fingerprint density at radius 2 is 1.24 bits per heavy atom. The first-order chi connectivity index (χ1) is 26.7. The van der Waals surface area contributed by atoms with E-state index in [4.69, 9.17) is 9.97 Å². The van der Waals surface area contributed by atoms with Gasteiger partial charge in [0.05, 0.1) is 22.6 Å². The molecule has 0 fully saturated rings. The third-order valence-electron chi connectivity index (χ3n) is 10.1. The van der Waals surface area contributed by atoms with Crippen molar-refractivity contribution in [2.45, 2.75) is 41.0 Å². The van der Waals surface area contributed by atoms with Gasteiger partial charge in [-0.3, -0.25) is 0 Å². The van der Waals surface area contributed by atoms with Crippen LogP contribution in [0.5, 0.6) is 0 Å². The molecular formula is C50H44N4. The van der Waals surface area contributed by atoms with Crippen LogP contribution in [0.1, 0.15) is 44.4 Å². The Kier molecular flexibility index (Phi) is 9.50. The summed E-state index contributed by atoms with van der Waals surface area (Å²) >= 11 is 0. The van der Waals surface area contributed by atoms with Crippen LogP contribution in [-0.2, 0) is 6.42 Å². The van der Waals surface area contributed by atoms with Gasteiger partial charge in [0, 0.05) is 57.2 Å². The molecule has 2 aliphatic rings. The maximum absolute atomic E-state index is 5.15. The number of allylic oxidation sites excluding steroid dienone is 3. The number of rotatable bonds is 5. The fourth-order valence-electron chi connectivity index (χ4n) is 7.65. The van der Waals surface area contributed by atoms with Crippen molar-refractivity contribution in [3.8, 4) is 39.6 Å². The van der Waals surface area contributed by atoms with Crippen molar-refractivity contribution < 1.29 is 0 Å². The van der Waals surface area contributed by atoms with E-state index in [1.165, 1.54) is 49.8 Å². The molecule has 4 heteroatoms. The number of benzene rings is 6. The number of nitrogens with zero attached hydrogens (tertiary/aromatic N) is 4. The molecule has 0 saturated carbocycles. The van der Waals surface area contributed by atoms with Crippen molar-refractivity contribution in [3.63, 3.8) is 0 Å². The van der Waals surface area contributed by atoms with Crippen LogP contribution < -0.4 is 4.90 Å². The summed E-state index contributed by atoms with van der Waals surface area (Å²) < 4.78 is 2.32. The lowest BCUT2D eigenvalue weighted by Gasteiger charge is -2.34. The molecular weight excluding hydrogens is 657 g/mol. The highest BCUT2D eigenvalue weighted by atomic mass is 15.2. The zero-order valence-electron chi connectivity index (χ0n) is 31.6. The smallest absolute Gasteiger partial charge is 0.160 e. The van der Waals surface area contributed by atoms with E-state index in [1.807, 2.05) is 39.8 Å². The van der Waals surface area contributed by atoms with Crippen molar-refractivity contribution >= 4 is 39.1 Å². The minimum absolute atomic E-state index is 0.704. The maximum atomic E-state index is 5.15. The van der Waals surface area contributed by atoms with E-state index in [-0.39, 0.29) is 0 Å². The lowest BCUT2D eigenvalue weighted by Crippen LogP contribution is -2.22. The summed E-state index contributed by atoms with van der Waals surface area (Å²) in [5.74, 6) is 0.704. The van der Waals surface area contributed by atoms with E-state index in [0.717, 1.165) is 45.9 Å². The lowest BCUT2D eigenvalue weighted by atomic mass is 9.89. The van der Waals surface area contributed by atoms with E-state index >= 15 is 0 Å². The third kappa shape index (κ3) is 6.10. The monoisotopic (exact) mass is 700 g/mol. The van der Waals surface area contributed by atoms with E-state index in [1.54, 1.807) is 0 Å². The van der Waals surface area contributed by atoms with E-state index < -0.39 is 0 Å². The number of hydrogen-bond donors (Lipinski definition) is 0. The molecule has 10 rings (SSSR count). The van der Waals surface area contributed by atoms with Gasteiger partial charge >= 0.3 is 0 Å². The molecule has 54 heavy (non-hydrogen) atoms. The molecule has 2 aromatic heterocycles. The summed E-state index contributed by atoms with van der Waals surface area (Å²) in [5, 5.41) is 3.87. The molecule has 1 aliphatic carbocycles. The predicted octanol–water partition coefficient (Wildman–Crippen LogP) is 13.5. The van der Waals surface area contributed by atoms with Crippen LogP contribution in [0, 0.1) is 6.92 Å². The molecule has 8 aromatic rings. The average Bonchev–Trinajstić information content (AvgIpc) is 3.57. The standard InChI is InChI=1S/C46H32N4.2C2H6/c1-30-18-21-35(22-19-30)49-25-24-38-39-23-20-31-14-8-17-37-27-40(31)45(39)44(29-43(38)49)50(37)36-16-9-15-34(26-36)46-47-41(32-10-4-2-5-11-32)28-42(48-46)33-12-6-3-7-13-33;2*1-2/h2-26,28-29H,27H2,1H3;2*1-2H3. The Morgan fingerprint density at radius 1 is 0.574 bits per heavy atom. The predicted molar refractivity (Wildman–Crippen MR) is 230 cm³/mol. The number of aromatic nitrogens is 3. The Hall–Kier alpha value is -6.52. The van der Waals surface area contributed by atoms with Crippen molar-refractivity contribution in [3.05, 3.63) is 180 Å². The van der Waals surface area contributed by atoms with Crippen LogP contribution in [0.25, 0.3) is 67.3 Å². The molecule has 0 saturated heterocycles. The van der Waals surface area contributed by atoms with Gasteiger partial charge in [0.1, 0.15) is 0 Å². The Morgan fingerprint density at radius 3 is 1.93 bits per heavy atom. The normalized spacial score (nSPS) is 12.5. The summed E-state index contributed by atoms with van der Waals surface area (Å²) in [4.78, 5) is 12.7. The molecule has 0 atom stereocenters. The number of fused-ring (bicyclic) bond motifs is 3. The van der Waals surface area contributed by atoms with Crippen LogP contribution in [0.15, 0.2) is 164 Å². The Balaban J connectivity index is 0.00000100. The van der Waals surface area contributed by atoms with Crippen LogP contribution in [-0.4, -0.2) is 14.5 Å². The quantitative estimate of drug-likeness (QED) is 0.179. The minimum atomic E-state index is 0.704. The highest BCUT2D eigenvalue weighted by molar-refractivity contribution is 6.16. The zero-order chi connectivity index (χ0) is 37.2. The first-order valence-electron chi connectivity index (χ1n) is 19.1. The summed E-state index contributed by atoms with van der Waals surface area (Å²) in [6.07, 6.45) is 9.78. The van der Waals surface area contributed by atoms with Gasteiger partial charge < -0.3 is 9.47 Å². The van der Waals surface area contributed by atoms with Crippen LogP contribution in [0.4, 0.5) is 11.4 Å². The highest BCUT2D eigenvalue weighted by Crippen LogP contribution is 2.48. The molecule has 6 aromatic carbocycles. The van der Waals surface area contributed by atoms with Crippen molar-refractivity contribution in [2.24, 2.45) is 0 Å². The first-order valence-corrected chi connectivity index (χ1v) is 19.1. The fourth-order valence-corrected chi connectivity index (χ4v) is 7.65. The SMILES string of the molecule is CC.CC.Cc1ccc(-n2ccc3c4ccc5c6c4c(cc32)N(c2cccc(-c3nc(-c4ccccc4)cc(-c4ccccc4)n3)c2)C(=CC=C5)C6)cc1. The van der Waals surface area contributed by atoms with Crippen molar-refractivity contribution in [2.75, 3.05) is 4.90 Å². The second kappa shape index (κ2) is 14.8. The number of aryl methyl sites for hydroxylation is 1. The van der Waals surface area contributed by atoms with Crippen LogP contribution in [0.2, 0.25) is 0 Å². The third-order valence-corrected chi connectivity index (χ3v) is 10.1. The van der Waals surface area contributed by atoms with Crippen molar-refractivity contribution in [1.82, 2.24) is 14.5 Å². The first kappa shape index (κ1) is 34.6. The Labute approximate surface area is 318 Å². The van der Waals surface area contributed by atoms with Gasteiger partial charge in [-0.25, -0.2) is 9.97 Å². The van der Waals surface area contributed by atoms with E-state index in [2.05, 4.69) is 168 Å². The molecule has 3 heterocycles. The lowest BCUT2D eigenvalue weighted by molar-refractivity contribution is 1.03. The van der Waals surface area contributed by atoms with Crippen LogP contribution in [0.3, 0.4) is 0 Å². The zero-order valence-corrected chi connectivity index (χ0v) is 31.6. The molecule has 0 amide bonds. The Bertz CT molecular complexity index is 2610. The second-order valence-electron chi connectivity index (χ2n) is 13.2. The summed E-state index contributed by atoms with van der Waals surface area (Å²) in [5.41, 5.74) is 14.7. The fraction of sp³-hybridized carbons (Fsp3) is 0.120. The second-order valence-corrected chi connectivity index (χ2v) is 13.2. The molecule has 0 radical (unpaired) electrons. The molecule has 0 N–H and O–H groups in total. The summed E-state index contributed by atoms with van der Waals surface area (Å²) in [7, 11) is 0. The molecule has 0 spiro atoms. The van der Waals surface area contributed by atoms with Crippen LogP contribution >= 0.6 is 0 Å². The maximum Gasteiger partial charge on any atom is 0.160 e. The highest BCUT2D eigenvalue weighted by Gasteiger charge is 2.29. The summed E-state index contributed by atoms with van der Waals surface area (Å²) in [6, 6.07) is 49.6. The number of hydrogen-bond acceptors (Lipinski definition) is 3. The molecule has 2 bridgehead atoms. The topological polar surface area (TPSA) is 34.0 Å². The van der Waals surface area contributed by atoms with Gasteiger partial charge in [-0.2, -0.15) is 0 Å². The largest absolute Gasteiger partial charge is 0.316 e. The van der Waals surface area contributed by atoms with Gasteiger partial charge in [-0.1, -0.05) is 142 Å². The van der Waals surface area contributed by atoms with Crippen molar-refractivity contribution in [1.29, 1.82) is 0 Å². The minimum Gasteiger partial charge on any atom is -0.316 e. The van der Waals surface area contributed by atoms with E-state index in [9.17, 15) is 0 Å². The molecule has 4 nitrogen and oxygen atoms in total. The van der Waals surface area contributed by atoms with Gasteiger partial charge in [0.15, 0.2) is 5.82 Å². The molecule has 264 valence electrons. The van der Waals surface area contributed by atoms with Gasteiger partial charge in [-0.15, -0.1) is 0 Å². The average molecular weight is 701 g/mol. The van der Waals surface area contributed by atoms with E-state index in [0.29, 0.717) is 5.82 Å². The molecule has 1 aliphatic heterocycles.